The minimum atomic E-state index is -2.67. The molecule has 4 nitrogen and oxygen atoms in total. The molecule has 7 heteroatoms. The molecule has 0 aromatic heterocycles. The molecule has 0 saturated carbocycles. The first-order chi connectivity index (χ1) is 6.56. The average Bonchev–Trinajstić information content (AvgIpc) is 1.82. The van der Waals surface area contributed by atoms with Crippen molar-refractivity contribution in [2.24, 2.45) is 0 Å². The number of sulfone groups is 1. The van der Waals surface area contributed by atoms with E-state index in [1.807, 2.05) is 12.5 Å². The van der Waals surface area contributed by atoms with Crippen LogP contribution in [0.15, 0.2) is 0 Å². The first-order valence-electron chi connectivity index (χ1n) is 3.77. The van der Waals surface area contributed by atoms with Gasteiger partial charge in [0.1, 0.15) is 9.84 Å². The van der Waals surface area contributed by atoms with Crippen molar-refractivity contribution in [1.82, 2.24) is 0 Å². The summed E-state index contributed by atoms with van der Waals surface area (Å²) in [7, 11) is -0.0278. The van der Waals surface area contributed by atoms with Gasteiger partial charge < -0.3 is 4.74 Å². The Labute approximate surface area is 102 Å². The summed E-state index contributed by atoms with van der Waals surface area (Å²) in [6.07, 6.45) is 9.68. The number of thioether (sulfide) groups is 1. The fourth-order valence-corrected chi connectivity index (χ4v) is 0. The summed E-state index contributed by atoms with van der Waals surface area (Å²) >= 11 is 1.75. The van der Waals surface area contributed by atoms with E-state index >= 15 is 0 Å². The lowest BCUT2D eigenvalue weighted by atomic mass is 11.6. The third-order valence-corrected chi connectivity index (χ3v) is 0. The van der Waals surface area contributed by atoms with Crippen molar-refractivity contribution < 1.29 is 17.4 Å². The van der Waals surface area contributed by atoms with E-state index in [0.717, 1.165) is 12.5 Å². The van der Waals surface area contributed by atoms with Crippen LogP contribution in [0, 0.1) is 0 Å². The summed E-state index contributed by atoms with van der Waals surface area (Å²) in [6.45, 7) is 0. The Morgan fingerprint density at radius 2 is 1.07 bits per heavy atom. The first kappa shape index (κ1) is 24.6. The molecule has 0 aromatic rings. The Kier molecular flexibility index (Phi) is 32.6. The van der Waals surface area contributed by atoms with Gasteiger partial charge >= 0.3 is 0 Å². The highest BCUT2D eigenvalue weighted by atomic mass is 32.2. The van der Waals surface area contributed by atoms with Gasteiger partial charge in [0.15, 0.2) is 0 Å². The van der Waals surface area contributed by atoms with Crippen LogP contribution >= 0.6 is 11.8 Å². The molecular weight excluding hydrogens is 256 g/mol. The molecule has 0 aliphatic rings. The van der Waals surface area contributed by atoms with E-state index in [-0.39, 0.29) is 0 Å². The van der Waals surface area contributed by atoms with Gasteiger partial charge in [-0.25, -0.2) is 8.42 Å². The van der Waals surface area contributed by atoms with E-state index in [2.05, 4.69) is 4.74 Å². The van der Waals surface area contributed by atoms with Gasteiger partial charge in [-0.3, -0.25) is 4.21 Å². The molecule has 0 radical (unpaired) electrons. The Balaban J connectivity index is -0.0000000553. The maximum atomic E-state index is 9.63. The predicted molar refractivity (Wildman–Crippen MR) is 73.1 cm³/mol. The zero-order chi connectivity index (χ0) is 13.5. The molecule has 0 aliphatic carbocycles. The lowest BCUT2D eigenvalue weighted by Gasteiger charge is -1.69. The fraction of sp³-hybridized carbons (Fsp3) is 1.00. The second kappa shape index (κ2) is 19.9. The van der Waals surface area contributed by atoms with Crippen molar-refractivity contribution in [3.8, 4) is 0 Å². The van der Waals surface area contributed by atoms with E-state index in [4.69, 9.17) is 0 Å². The number of hydrogen-bond acceptors (Lipinski definition) is 5. The molecule has 0 fully saturated rings. The molecular formula is C8H24O4S3. The summed E-state index contributed by atoms with van der Waals surface area (Å²) in [5.41, 5.74) is 0. The minimum absolute atomic E-state index is 0.611. The van der Waals surface area contributed by atoms with Crippen LogP contribution in [0.2, 0.25) is 0 Å². The highest BCUT2D eigenvalue weighted by molar-refractivity contribution is 7.97. The average molecular weight is 280 g/mol. The normalized spacial score (nSPS) is 8.60. The predicted octanol–water partition coefficient (Wildman–Crippen LogP) is 0.897. The van der Waals surface area contributed by atoms with Gasteiger partial charge in [0.25, 0.3) is 0 Å². The van der Waals surface area contributed by atoms with Crippen molar-refractivity contribution in [1.29, 1.82) is 0 Å². The van der Waals surface area contributed by atoms with Crippen LogP contribution < -0.4 is 0 Å². The van der Waals surface area contributed by atoms with Crippen molar-refractivity contribution in [2.75, 3.05) is 51.8 Å². The van der Waals surface area contributed by atoms with E-state index in [1.165, 1.54) is 0 Å². The lowest BCUT2D eigenvalue weighted by Crippen LogP contribution is -1.86. The highest BCUT2D eigenvalue weighted by Crippen LogP contribution is 1.70. The van der Waals surface area contributed by atoms with Gasteiger partial charge in [0.2, 0.25) is 0 Å². The molecule has 0 aromatic carbocycles. The van der Waals surface area contributed by atoms with Crippen molar-refractivity contribution in [2.45, 2.75) is 0 Å². The Morgan fingerprint density at radius 1 is 1.07 bits per heavy atom. The van der Waals surface area contributed by atoms with Gasteiger partial charge in [-0.2, -0.15) is 11.8 Å². The maximum Gasteiger partial charge on any atom is 0.144 e. The zero-order valence-corrected chi connectivity index (χ0v) is 13.3. The molecule has 0 aliphatic heterocycles. The summed E-state index contributed by atoms with van der Waals surface area (Å²) < 4.78 is 33.1. The third-order valence-electron chi connectivity index (χ3n) is 0. The van der Waals surface area contributed by atoms with Crippen LogP contribution in [0.3, 0.4) is 0 Å². The van der Waals surface area contributed by atoms with E-state index in [9.17, 15) is 12.6 Å². The maximum absolute atomic E-state index is 9.63. The van der Waals surface area contributed by atoms with Crippen LogP contribution in [0.5, 0.6) is 0 Å². The molecule has 0 bridgehead atoms. The first-order valence-corrected chi connectivity index (χ1v) is 9.66. The SMILES string of the molecule is COC.CS(C)(=O)=O.CS(C)=O.CSC. The van der Waals surface area contributed by atoms with E-state index in [1.54, 1.807) is 38.5 Å². The summed E-state index contributed by atoms with van der Waals surface area (Å²) in [6, 6.07) is 0. The number of hydrogen-bond donors (Lipinski definition) is 0. The molecule has 0 spiro atoms. The van der Waals surface area contributed by atoms with Crippen LogP contribution in [0.25, 0.3) is 0 Å². The quantitative estimate of drug-likeness (QED) is 0.660. The van der Waals surface area contributed by atoms with Crippen LogP contribution in [0.4, 0.5) is 0 Å². The minimum Gasteiger partial charge on any atom is -0.388 e. The Hall–Kier alpha value is 0.410. The molecule has 0 unspecified atom stereocenters. The molecule has 15 heavy (non-hydrogen) atoms. The summed E-state index contributed by atoms with van der Waals surface area (Å²) in [5, 5.41) is 0. The van der Waals surface area contributed by atoms with Gasteiger partial charge in [-0.05, 0) is 12.5 Å². The summed E-state index contributed by atoms with van der Waals surface area (Å²) in [4.78, 5) is 0. The van der Waals surface area contributed by atoms with Gasteiger partial charge in [0.05, 0.1) is 0 Å². The summed E-state index contributed by atoms with van der Waals surface area (Å²) in [5.74, 6) is 0. The van der Waals surface area contributed by atoms with Gasteiger partial charge in [-0.15, -0.1) is 0 Å². The monoisotopic (exact) mass is 280 g/mol. The Morgan fingerprint density at radius 3 is 1.07 bits per heavy atom. The molecule has 0 heterocycles. The van der Waals surface area contributed by atoms with Crippen molar-refractivity contribution in [3.05, 3.63) is 0 Å². The molecule has 0 N–H and O–H groups in total. The molecule has 0 amide bonds. The molecule has 0 rings (SSSR count). The second-order valence-corrected chi connectivity index (χ2v) is 7.29. The van der Waals surface area contributed by atoms with E-state index < -0.39 is 20.6 Å². The Bertz CT molecular complexity index is 186. The molecule has 98 valence electrons. The van der Waals surface area contributed by atoms with Crippen LogP contribution in [-0.4, -0.2) is 64.4 Å². The largest absolute Gasteiger partial charge is 0.388 e. The molecule has 0 atom stereocenters. The number of methoxy groups -OCH3 is 1. The van der Waals surface area contributed by atoms with E-state index in [0.29, 0.717) is 0 Å². The highest BCUT2D eigenvalue weighted by Gasteiger charge is 1.79. The van der Waals surface area contributed by atoms with Crippen LogP contribution in [0.1, 0.15) is 0 Å². The smallest absolute Gasteiger partial charge is 0.144 e. The fourth-order valence-electron chi connectivity index (χ4n) is 0. The number of rotatable bonds is 0. The van der Waals surface area contributed by atoms with Gasteiger partial charge in [-0.1, -0.05) is 0 Å². The van der Waals surface area contributed by atoms with Crippen LogP contribution in [-0.2, 0) is 25.4 Å². The van der Waals surface area contributed by atoms with Gasteiger partial charge in [0, 0.05) is 50.0 Å². The standard InChI is InChI=1S/C2H6O2S.C2H6OS.C2H6O.C2H6S/c1-5(2,3)4;1-4(2)3;2*1-3-2/h1-2H3;1-2H3;2*1-2H3. The lowest BCUT2D eigenvalue weighted by molar-refractivity contribution is 0.277. The second-order valence-electron chi connectivity index (χ2n) is 2.70. The third kappa shape index (κ3) is 13200. The topological polar surface area (TPSA) is 60.4 Å². The zero-order valence-electron chi connectivity index (χ0n) is 10.9. The number of ether oxygens (including phenoxy) is 1. The molecule has 0 saturated heterocycles. The van der Waals surface area contributed by atoms with Crippen molar-refractivity contribution >= 4 is 32.4 Å². The van der Waals surface area contributed by atoms with Crippen molar-refractivity contribution in [3.63, 3.8) is 0 Å².